The number of tetrazole rings is 1. The molecule has 0 saturated carbocycles. The Hall–Kier alpha value is -2.89. The van der Waals surface area contributed by atoms with E-state index in [9.17, 15) is 0 Å². The fourth-order valence-electron chi connectivity index (χ4n) is 2.11. The maximum atomic E-state index is 5.93. The van der Waals surface area contributed by atoms with E-state index in [1.54, 1.807) is 10.7 Å². The summed E-state index contributed by atoms with van der Waals surface area (Å²) < 4.78 is 7.18. The molecular formula is C15H15N5O. The van der Waals surface area contributed by atoms with Gasteiger partial charge >= 0.3 is 0 Å². The number of nitrogens with two attached hydrogens (primary N) is 1. The first-order chi connectivity index (χ1) is 10.3. The van der Waals surface area contributed by atoms with E-state index >= 15 is 0 Å². The Kier molecular flexibility index (Phi) is 3.51. The van der Waals surface area contributed by atoms with Gasteiger partial charge in [-0.05, 0) is 41.6 Å². The maximum absolute atomic E-state index is 5.93. The monoisotopic (exact) mass is 281 g/mol. The molecule has 0 radical (unpaired) electrons. The van der Waals surface area contributed by atoms with Gasteiger partial charge in [-0.25, -0.2) is 0 Å². The lowest BCUT2D eigenvalue weighted by Crippen LogP contribution is -2.01. The van der Waals surface area contributed by atoms with Crippen LogP contribution in [-0.4, -0.2) is 26.8 Å². The molecule has 0 aliphatic rings. The van der Waals surface area contributed by atoms with Crippen molar-refractivity contribution in [3.8, 4) is 22.8 Å². The van der Waals surface area contributed by atoms with Crippen LogP contribution in [0.4, 0.5) is 5.69 Å². The summed E-state index contributed by atoms with van der Waals surface area (Å²) in [6.45, 7) is 2.50. The highest BCUT2D eigenvalue weighted by Crippen LogP contribution is 2.27. The first-order valence-corrected chi connectivity index (χ1v) is 6.65. The van der Waals surface area contributed by atoms with E-state index in [4.69, 9.17) is 10.5 Å². The average molecular weight is 281 g/mol. The van der Waals surface area contributed by atoms with Crippen molar-refractivity contribution in [3.63, 3.8) is 0 Å². The van der Waals surface area contributed by atoms with E-state index in [0.29, 0.717) is 23.9 Å². The molecule has 1 aromatic heterocycles. The van der Waals surface area contributed by atoms with Crippen LogP contribution in [0.25, 0.3) is 17.1 Å². The Balaban J connectivity index is 2.08. The Morgan fingerprint density at radius 3 is 2.71 bits per heavy atom. The highest BCUT2D eigenvalue weighted by molar-refractivity contribution is 5.65. The number of nitrogens with zero attached hydrogens (tertiary/aromatic N) is 4. The predicted octanol–water partition coefficient (Wildman–Crippen LogP) is 2.31. The second-order valence-corrected chi connectivity index (χ2v) is 4.47. The molecular weight excluding hydrogens is 266 g/mol. The minimum absolute atomic E-state index is 0.576. The van der Waals surface area contributed by atoms with E-state index in [0.717, 1.165) is 11.3 Å². The van der Waals surface area contributed by atoms with Crippen molar-refractivity contribution in [1.29, 1.82) is 0 Å². The van der Waals surface area contributed by atoms with Crippen LogP contribution in [0.15, 0.2) is 48.5 Å². The zero-order valence-electron chi connectivity index (χ0n) is 11.6. The number of rotatable bonds is 4. The van der Waals surface area contributed by atoms with Crippen LogP contribution in [0.3, 0.4) is 0 Å². The van der Waals surface area contributed by atoms with E-state index in [2.05, 4.69) is 15.5 Å². The largest absolute Gasteiger partial charge is 0.494 e. The van der Waals surface area contributed by atoms with E-state index in [1.165, 1.54) is 0 Å². The van der Waals surface area contributed by atoms with Gasteiger partial charge in [-0.1, -0.05) is 18.2 Å². The SMILES string of the molecule is CCOc1cc(N)cc(-c2nnnn2-c2ccccc2)c1. The number of hydrogen-bond donors (Lipinski definition) is 1. The third-order valence-corrected chi connectivity index (χ3v) is 2.97. The minimum atomic E-state index is 0.576. The summed E-state index contributed by atoms with van der Waals surface area (Å²) >= 11 is 0. The second kappa shape index (κ2) is 5.62. The molecule has 2 N–H and O–H groups in total. The molecule has 1 heterocycles. The van der Waals surface area contributed by atoms with E-state index in [-0.39, 0.29) is 0 Å². The number of benzene rings is 2. The number of aromatic nitrogens is 4. The Labute approximate surface area is 122 Å². The smallest absolute Gasteiger partial charge is 0.187 e. The van der Waals surface area contributed by atoms with Crippen LogP contribution in [0, 0.1) is 0 Å². The minimum Gasteiger partial charge on any atom is -0.494 e. The molecule has 2 aromatic carbocycles. The van der Waals surface area contributed by atoms with Crippen molar-refractivity contribution in [1.82, 2.24) is 20.2 Å². The Bertz CT molecular complexity index is 739. The summed E-state index contributed by atoms with van der Waals surface area (Å²) in [6.07, 6.45) is 0. The van der Waals surface area contributed by atoms with Crippen molar-refractivity contribution in [2.45, 2.75) is 6.92 Å². The van der Waals surface area contributed by atoms with Gasteiger partial charge in [0.25, 0.3) is 0 Å². The third kappa shape index (κ3) is 2.69. The van der Waals surface area contributed by atoms with Gasteiger partial charge in [-0.15, -0.1) is 5.10 Å². The van der Waals surface area contributed by atoms with Gasteiger partial charge in [0.1, 0.15) is 5.75 Å². The zero-order valence-corrected chi connectivity index (χ0v) is 11.6. The zero-order chi connectivity index (χ0) is 14.7. The van der Waals surface area contributed by atoms with Gasteiger partial charge in [-0.2, -0.15) is 4.68 Å². The maximum Gasteiger partial charge on any atom is 0.187 e. The van der Waals surface area contributed by atoms with Crippen LogP contribution >= 0.6 is 0 Å². The molecule has 21 heavy (non-hydrogen) atoms. The van der Waals surface area contributed by atoms with Crippen LogP contribution in [-0.2, 0) is 0 Å². The second-order valence-electron chi connectivity index (χ2n) is 4.47. The highest BCUT2D eigenvalue weighted by Gasteiger charge is 2.12. The summed E-state index contributed by atoms with van der Waals surface area (Å²) in [6, 6.07) is 15.2. The van der Waals surface area contributed by atoms with Gasteiger partial charge < -0.3 is 10.5 Å². The lowest BCUT2D eigenvalue weighted by atomic mass is 10.1. The van der Waals surface area contributed by atoms with E-state index < -0.39 is 0 Å². The van der Waals surface area contributed by atoms with E-state index in [1.807, 2.05) is 49.4 Å². The van der Waals surface area contributed by atoms with Crippen molar-refractivity contribution < 1.29 is 4.74 Å². The summed E-state index contributed by atoms with van der Waals surface area (Å²) in [4.78, 5) is 0. The molecule has 0 spiro atoms. The topological polar surface area (TPSA) is 78.8 Å². The lowest BCUT2D eigenvalue weighted by Gasteiger charge is -2.08. The molecule has 3 rings (SSSR count). The van der Waals surface area contributed by atoms with Gasteiger partial charge in [0.05, 0.1) is 12.3 Å². The molecule has 0 fully saturated rings. The van der Waals surface area contributed by atoms with Crippen molar-refractivity contribution in [2.24, 2.45) is 0 Å². The number of hydrogen-bond acceptors (Lipinski definition) is 5. The molecule has 0 bridgehead atoms. The number of anilines is 1. The Morgan fingerprint density at radius 1 is 1.14 bits per heavy atom. The molecule has 0 saturated heterocycles. The van der Waals surface area contributed by atoms with Crippen molar-refractivity contribution in [3.05, 3.63) is 48.5 Å². The lowest BCUT2D eigenvalue weighted by molar-refractivity contribution is 0.340. The number of nitrogen functional groups attached to an aromatic ring is 1. The molecule has 0 aliphatic heterocycles. The first kappa shape index (κ1) is 13.1. The molecule has 0 amide bonds. The Morgan fingerprint density at radius 2 is 1.95 bits per heavy atom. The van der Waals surface area contributed by atoms with Gasteiger partial charge in [0.2, 0.25) is 0 Å². The average Bonchev–Trinajstić information content (AvgIpc) is 2.97. The summed E-state index contributed by atoms with van der Waals surface area (Å²) in [7, 11) is 0. The first-order valence-electron chi connectivity index (χ1n) is 6.65. The molecule has 6 heteroatoms. The summed E-state index contributed by atoms with van der Waals surface area (Å²) in [5.74, 6) is 1.32. The van der Waals surface area contributed by atoms with Crippen LogP contribution in [0.2, 0.25) is 0 Å². The molecule has 0 unspecified atom stereocenters. The summed E-state index contributed by atoms with van der Waals surface area (Å²) in [5, 5.41) is 11.9. The number of para-hydroxylation sites is 1. The van der Waals surface area contributed by atoms with Crippen LogP contribution in [0.5, 0.6) is 5.75 Å². The third-order valence-electron chi connectivity index (χ3n) is 2.97. The van der Waals surface area contributed by atoms with Gasteiger partial charge in [0.15, 0.2) is 5.82 Å². The molecule has 106 valence electrons. The quantitative estimate of drug-likeness (QED) is 0.742. The van der Waals surface area contributed by atoms with Crippen molar-refractivity contribution in [2.75, 3.05) is 12.3 Å². The van der Waals surface area contributed by atoms with Crippen LogP contribution in [0.1, 0.15) is 6.92 Å². The van der Waals surface area contributed by atoms with Crippen LogP contribution < -0.4 is 10.5 Å². The highest BCUT2D eigenvalue weighted by atomic mass is 16.5. The summed E-state index contributed by atoms with van der Waals surface area (Å²) in [5.41, 5.74) is 8.24. The molecule has 6 nitrogen and oxygen atoms in total. The fourth-order valence-corrected chi connectivity index (χ4v) is 2.11. The van der Waals surface area contributed by atoms with Gasteiger partial charge in [0, 0.05) is 17.3 Å². The van der Waals surface area contributed by atoms with Crippen molar-refractivity contribution >= 4 is 5.69 Å². The van der Waals surface area contributed by atoms with Gasteiger partial charge in [-0.3, -0.25) is 0 Å². The molecule has 3 aromatic rings. The predicted molar refractivity (Wildman–Crippen MR) is 80.2 cm³/mol. The number of ether oxygens (including phenoxy) is 1. The molecule has 0 aliphatic carbocycles. The normalized spacial score (nSPS) is 10.5. The molecule has 0 atom stereocenters. The standard InChI is InChI=1S/C15H15N5O/c1-2-21-14-9-11(8-12(16)10-14)15-17-18-19-20(15)13-6-4-3-5-7-13/h3-10H,2,16H2,1H3. The fraction of sp³-hybridized carbons (Fsp3) is 0.133.